The lowest BCUT2D eigenvalue weighted by atomic mass is 9.64. The third-order valence-corrected chi connectivity index (χ3v) is 5.79. The van der Waals surface area contributed by atoms with E-state index in [2.05, 4.69) is 62.6 Å². The number of hydrogen-bond acceptors (Lipinski definition) is 5. The van der Waals surface area contributed by atoms with Crippen LogP contribution in [0.15, 0.2) is 33.3 Å². The first-order valence-electron chi connectivity index (χ1n) is 8.20. The molecule has 2 aliphatic rings. The van der Waals surface area contributed by atoms with Crippen molar-refractivity contribution in [1.29, 1.82) is 0 Å². The molecule has 1 saturated carbocycles. The lowest BCUT2D eigenvalue weighted by Crippen LogP contribution is -2.44. The van der Waals surface area contributed by atoms with Crippen LogP contribution in [0.4, 0.5) is 0 Å². The highest BCUT2D eigenvalue weighted by Gasteiger charge is 2.45. The standard InChI is InChI=1S/C17H21BrN4O.ClH/c1-22-10-9-19-11-14(22)15-20-16(23-21-15)17(7-2-8-17)12-3-5-13(18)6-4-12;/h3-6,14,19H,2,7-11H2,1H3;1H. The van der Waals surface area contributed by atoms with Crippen molar-refractivity contribution in [2.24, 2.45) is 0 Å². The Bertz CT molecular complexity index is 686. The van der Waals surface area contributed by atoms with Gasteiger partial charge in [-0.1, -0.05) is 39.6 Å². The molecule has 2 fully saturated rings. The molecule has 0 radical (unpaired) electrons. The maximum Gasteiger partial charge on any atom is 0.237 e. The monoisotopic (exact) mass is 412 g/mol. The minimum Gasteiger partial charge on any atom is -0.338 e. The van der Waals surface area contributed by atoms with Crippen molar-refractivity contribution >= 4 is 28.3 Å². The van der Waals surface area contributed by atoms with Crippen molar-refractivity contribution in [1.82, 2.24) is 20.4 Å². The van der Waals surface area contributed by atoms with Crippen molar-refractivity contribution in [3.8, 4) is 0 Å². The fourth-order valence-corrected chi connectivity index (χ4v) is 3.85. The van der Waals surface area contributed by atoms with Gasteiger partial charge in [0.25, 0.3) is 0 Å². The number of likely N-dealkylation sites (N-methyl/N-ethyl adjacent to an activating group) is 1. The Kier molecular flexibility index (Phi) is 5.30. The highest BCUT2D eigenvalue weighted by molar-refractivity contribution is 9.10. The number of halogens is 2. The van der Waals surface area contributed by atoms with Crippen LogP contribution in [0.25, 0.3) is 0 Å². The van der Waals surface area contributed by atoms with Crippen LogP contribution in [0, 0.1) is 0 Å². The van der Waals surface area contributed by atoms with Crippen LogP contribution in [0.3, 0.4) is 0 Å². The Balaban J connectivity index is 0.00000169. The second-order valence-corrected chi connectivity index (χ2v) is 7.52. The molecule has 1 aliphatic heterocycles. The number of benzene rings is 1. The van der Waals surface area contributed by atoms with E-state index >= 15 is 0 Å². The van der Waals surface area contributed by atoms with Crippen molar-refractivity contribution in [2.75, 3.05) is 26.7 Å². The fraction of sp³-hybridized carbons (Fsp3) is 0.529. The Morgan fingerprint density at radius 3 is 2.67 bits per heavy atom. The number of aromatic nitrogens is 2. The number of piperazine rings is 1. The van der Waals surface area contributed by atoms with E-state index in [-0.39, 0.29) is 23.9 Å². The smallest absolute Gasteiger partial charge is 0.237 e. The third kappa shape index (κ3) is 3.01. The van der Waals surface area contributed by atoms with Crippen LogP contribution in [0.5, 0.6) is 0 Å². The van der Waals surface area contributed by atoms with Crippen LogP contribution in [-0.4, -0.2) is 41.7 Å². The highest BCUT2D eigenvalue weighted by Crippen LogP contribution is 2.48. The second kappa shape index (κ2) is 7.12. The molecule has 130 valence electrons. The number of nitrogens with one attached hydrogen (secondary N) is 1. The van der Waals surface area contributed by atoms with Crippen molar-refractivity contribution in [3.63, 3.8) is 0 Å². The SMILES string of the molecule is CN1CCNCC1c1noc(C2(c3ccc(Br)cc3)CCC2)n1.Cl. The summed E-state index contributed by atoms with van der Waals surface area (Å²) in [7, 11) is 2.12. The normalized spacial score (nSPS) is 23.3. The maximum atomic E-state index is 5.73. The molecule has 1 aromatic heterocycles. The zero-order chi connectivity index (χ0) is 15.9. The summed E-state index contributed by atoms with van der Waals surface area (Å²) in [6.07, 6.45) is 3.36. The van der Waals surface area contributed by atoms with E-state index in [1.165, 1.54) is 12.0 Å². The van der Waals surface area contributed by atoms with Gasteiger partial charge in [-0.2, -0.15) is 4.98 Å². The topological polar surface area (TPSA) is 54.2 Å². The van der Waals surface area contributed by atoms with Gasteiger partial charge in [0.1, 0.15) is 0 Å². The van der Waals surface area contributed by atoms with E-state index in [1.807, 2.05) is 0 Å². The molecule has 1 unspecified atom stereocenters. The molecule has 7 heteroatoms. The van der Waals surface area contributed by atoms with Gasteiger partial charge in [0.15, 0.2) is 5.82 Å². The Hall–Kier alpha value is -0.950. The highest BCUT2D eigenvalue weighted by atomic mass is 79.9. The van der Waals surface area contributed by atoms with E-state index in [0.717, 1.165) is 48.7 Å². The van der Waals surface area contributed by atoms with Gasteiger partial charge in [0.05, 0.1) is 11.5 Å². The molecule has 1 aliphatic carbocycles. The van der Waals surface area contributed by atoms with Crippen LogP contribution < -0.4 is 5.32 Å². The van der Waals surface area contributed by atoms with Gasteiger partial charge in [-0.05, 0) is 37.6 Å². The molecule has 0 bridgehead atoms. The number of nitrogens with zero attached hydrogens (tertiary/aromatic N) is 3. The quantitative estimate of drug-likeness (QED) is 0.837. The van der Waals surface area contributed by atoms with Crippen LogP contribution >= 0.6 is 28.3 Å². The van der Waals surface area contributed by atoms with E-state index in [9.17, 15) is 0 Å². The summed E-state index contributed by atoms with van der Waals surface area (Å²) >= 11 is 3.51. The second-order valence-electron chi connectivity index (χ2n) is 6.60. The number of rotatable bonds is 3. The van der Waals surface area contributed by atoms with Crippen LogP contribution in [-0.2, 0) is 5.41 Å². The Morgan fingerprint density at radius 2 is 2.04 bits per heavy atom. The van der Waals surface area contributed by atoms with Crippen molar-refractivity contribution < 1.29 is 4.52 Å². The van der Waals surface area contributed by atoms with E-state index < -0.39 is 0 Å². The summed E-state index contributed by atoms with van der Waals surface area (Å²) in [5.41, 5.74) is 1.18. The summed E-state index contributed by atoms with van der Waals surface area (Å²) < 4.78 is 6.83. The molecule has 1 saturated heterocycles. The Labute approximate surface area is 156 Å². The molecular formula is C17H22BrClN4O. The van der Waals surface area contributed by atoms with Gasteiger partial charge in [0.2, 0.25) is 5.89 Å². The maximum absolute atomic E-state index is 5.73. The lowest BCUT2D eigenvalue weighted by molar-refractivity contribution is 0.188. The molecule has 4 rings (SSSR count). The van der Waals surface area contributed by atoms with Crippen molar-refractivity contribution in [2.45, 2.75) is 30.7 Å². The average Bonchev–Trinajstić information content (AvgIpc) is 2.98. The fourth-order valence-electron chi connectivity index (χ4n) is 3.58. The van der Waals surface area contributed by atoms with Gasteiger partial charge >= 0.3 is 0 Å². The first-order valence-corrected chi connectivity index (χ1v) is 8.99. The average molecular weight is 414 g/mol. The zero-order valence-corrected chi connectivity index (χ0v) is 16.1. The van der Waals surface area contributed by atoms with Gasteiger partial charge in [-0.15, -0.1) is 12.4 Å². The summed E-state index contributed by atoms with van der Waals surface area (Å²) in [5.74, 6) is 1.58. The minimum atomic E-state index is -0.0907. The molecule has 1 atom stereocenters. The minimum absolute atomic E-state index is 0. The third-order valence-electron chi connectivity index (χ3n) is 5.26. The van der Waals surface area contributed by atoms with Gasteiger partial charge in [-0.3, -0.25) is 4.90 Å². The molecule has 0 spiro atoms. The van der Waals surface area contributed by atoms with Gasteiger partial charge in [0, 0.05) is 24.1 Å². The van der Waals surface area contributed by atoms with E-state index in [0.29, 0.717) is 0 Å². The molecule has 2 aromatic rings. The van der Waals surface area contributed by atoms with E-state index in [1.54, 1.807) is 0 Å². The number of hydrogen-bond donors (Lipinski definition) is 1. The first kappa shape index (κ1) is 17.9. The molecule has 2 heterocycles. The molecule has 5 nitrogen and oxygen atoms in total. The molecular weight excluding hydrogens is 392 g/mol. The van der Waals surface area contributed by atoms with E-state index in [4.69, 9.17) is 9.51 Å². The predicted molar refractivity (Wildman–Crippen MR) is 98.6 cm³/mol. The molecule has 1 N–H and O–H groups in total. The Morgan fingerprint density at radius 1 is 1.29 bits per heavy atom. The van der Waals surface area contributed by atoms with Gasteiger partial charge < -0.3 is 9.84 Å². The summed E-state index contributed by atoms with van der Waals surface area (Å²) in [5, 5.41) is 7.71. The molecule has 0 amide bonds. The summed E-state index contributed by atoms with van der Waals surface area (Å²) in [6.45, 7) is 2.90. The first-order chi connectivity index (χ1) is 11.2. The largest absolute Gasteiger partial charge is 0.338 e. The summed E-state index contributed by atoms with van der Waals surface area (Å²) in [4.78, 5) is 7.10. The predicted octanol–water partition coefficient (Wildman–Crippen LogP) is 3.30. The van der Waals surface area contributed by atoms with Crippen LogP contribution in [0.2, 0.25) is 0 Å². The molecule has 24 heavy (non-hydrogen) atoms. The van der Waals surface area contributed by atoms with Crippen molar-refractivity contribution in [3.05, 3.63) is 46.0 Å². The van der Waals surface area contributed by atoms with Gasteiger partial charge in [-0.25, -0.2) is 0 Å². The molecule has 1 aromatic carbocycles. The van der Waals surface area contributed by atoms with Crippen LogP contribution in [0.1, 0.15) is 42.6 Å². The zero-order valence-electron chi connectivity index (χ0n) is 13.7. The summed E-state index contributed by atoms with van der Waals surface area (Å²) in [6, 6.07) is 8.71. The lowest BCUT2D eigenvalue weighted by Gasteiger charge is -2.39.